The Morgan fingerprint density at radius 2 is 1.88 bits per heavy atom. The Balaban J connectivity index is 1.94. The van der Waals surface area contributed by atoms with Gasteiger partial charge in [0.1, 0.15) is 0 Å². The minimum Gasteiger partial charge on any atom is -0.481 e. The smallest absolute Gasteiger partial charge is 0.212 e. The highest BCUT2D eigenvalue weighted by Gasteiger charge is 2.26. The van der Waals surface area contributed by atoms with E-state index in [-0.39, 0.29) is 23.4 Å². The summed E-state index contributed by atoms with van der Waals surface area (Å²) in [5, 5.41) is 0. The van der Waals surface area contributed by atoms with Gasteiger partial charge in [-0.05, 0) is 67.0 Å². The lowest BCUT2D eigenvalue weighted by Gasteiger charge is -2.32. The van der Waals surface area contributed by atoms with Gasteiger partial charge in [-0.15, -0.1) is 0 Å². The van der Waals surface area contributed by atoms with Gasteiger partial charge in [0.05, 0.1) is 13.5 Å². The van der Waals surface area contributed by atoms with Crippen LogP contribution in [0.1, 0.15) is 52.0 Å². The normalized spacial score (nSPS) is 17.1. The topological polar surface area (TPSA) is 56.3 Å². The number of nitrogens with zero attached hydrogens (tertiary/aromatic N) is 1. The number of ether oxygens (including phenoxy) is 1. The quantitative estimate of drug-likeness (QED) is 0.526. The van der Waals surface area contributed by atoms with Crippen LogP contribution in [0.4, 0.5) is 0 Å². The number of carbonyl (C=O) groups excluding carboxylic acids is 2. The van der Waals surface area contributed by atoms with Crippen LogP contribution in [0, 0.1) is 5.41 Å². The average Bonchev–Trinajstić information content (AvgIpc) is 2.59. The fourth-order valence-corrected chi connectivity index (χ4v) is 3.28. The number of allylic oxidation sites excluding steroid dienone is 5. The number of carbonyl (C=O) groups is 2. The highest BCUT2D eigenvalue weighted by molar-refractivity contribution is 6.09. The third kappa shape index (κ3) is 5.51. The molecule has 1 aliphatic rings. The highest BCUT2D eigenvalue weighted by atomic mass is 16.5. The molecule has 26 heavy (non-hydrogen) atoms. The molecule has 2 rings (SSSR count). The minimum atomic E-state index is -0.218. The molecule has 1 heterocycles. The Kier molecular flexibility index (Phi) is 6.67. The van der Waals surface area contributed by atoms with Crippen LogP contribution in [-0.4, -0.2) is 23.7 Å². The molecule has 4 heteroatoms. The number of ketones is 2. The van der Waals surface area contributed by atoms with Gasteiger partial charge in [-0.25, -0.2) is 4.98 Å². The zero-order valence-corrected chi connectivity index (χ0v) is 16.0. The summed E-state index contributed by atoms with van der Waals surface area (Å²) >= 11 is 0. The maximum atomic E-state index is 12.1. The van der Waals surface area contributed by atoms with Crippen LogP contribution in [0.25, 0.3) is 6.08 Å². The van der Waals surface area contributed by atoms with Crippen molar-refractivity contribution in [3.8, 4) is 5.88 Å². The Morgan fingerprint density at radius 1 is 1.19 bits per heavy atom. The fraction of sp³-hybridized carbons (Fsp3) is 0.409. The van der Waals surface area contributed by atoms with Crippen LogP contribution in [0.2, 0.25) is 0 Å². The van der Waals surface area contributed by atoms with E-state index in [1.165, 1.54) is 23.6 Å². The summed E-state index contributed by atoms with van der Waals surface area (Å²) in [6.45, 7) is 6.54. The molecule has 0 aliphatic heterocycles. The largest absolute Gasteiger partial charge is 0.481 e. The Labute approximate surface area is 155 Å². The monoisotopic (exact) mass is 353 g/mol. The van der Waals surface area contributed by atoms with Crippen LogP contribution in [-0.2, 0) is 9.59 Å². The summed E-state index contributed by atoms with van der Waals surface area (Å²) in [6, 6.07) is 3.53. The third-order valence-electron chi connectivity index (χ3n) is 4.76. The van der Waals surface area contributed by atoms with Gasteiger partial charge < -0.3 is 4.74 Å². The van der Waals surface area contributed by atoms with Gasteiger partial charge in [-0.1, -0.05) is 25.5 Å². The number of hydrogen-bond acceptors (Lipinski definition) is 4. The molecule has 0 saturated heterocycles. The zero-order chi connectivity index (χ0) is 19.2. The van der Waals surface area contributed by atoms with Crippen molar-refractivity contribution in [1.82, 2.24) is 4.98 Å². The van der Waals surface area contributed by atoms with Crippen molar-refractivity contribution in [3.63, 3.8) is 0 Å². The zero-order valence-electron chi connectivity index (χ0n) is 16.0. The number of aromatic nitrogens is 1. The van der Waals surface area contributed by atoms with Crippen molar-refractivity contribution in [1.29, 1.82) is 0 Å². The molecule has 1 aromatic rings. The van der Waals surface area contributed by atoms with Crippen LogP contribution in [0.15, 0.2) is 47.7 Å². The molecule has 0 fully saturated rings. The standard InChI is InChI=1S/C22H27NO3/c1-16-6-5-13-22(2,3)20(16)11-10-19(25)14-18(24)9-7-17-8-12-21(26-4)23-15-17/h7-12,15H,5-6,13-14H2,1-4H3/b9-7+,11-10+. The van der Waals surface area contributed by atoms with E-state index < -0.39 is 0 Å². The Morgan fingerprint density at radius 3 is 2.46 bits per heavy atom. The van der Waals surface area contributed by atoms with Crippen molar-refractivity contribution in [3.05, 3.63) is 53.3 Å². The van der Waals surface area contributed by atoms with E-state index in [0.717, 1.165) is 18.4 Å². The second-order valence-electron chi connectivity index (χ2n) is 7.34. The minimum absolute atomic E-state index is 0.0877. The van der Waals surface area contributed by atoms with Crippen molar-refractivity contribution in [2.45, 2.75) is 46.5 Å². The predicted molar refractivity (Wildman–Crippen MR) is 104 cm³/mol. The van der Waals surface area contributed by atoms with E-state index in [9.17, 15) is 9.59 Å². The summed E-state index contributed by atoms with van der Waals surface area (Å²) in [5.41, 5.74) is 3.43. The van der Waals surface area contributed by atoms with E-state index in [0.29, 0.717) is 5.88 Å². The first kappa shape index (κ1) is 19.8. The Hall–Kier alpha value is -2.49. The van der Waals surface area contributed by atoms with Crippen molar-refractivity contribution in [2.24, 2.45) is 5.41 Å². The average molecular weight is 353 g/mol. The molecule has 4 nitrogen and oxygen atoms in total. The molecule has 0 N–H and O–H groups in total. The molecule has 1 aliphatic carbocycles. The first-order chi connectivity index (χ1) is 12.3. The van der Waals surface area contributed by atoms with Crippen molar-refractivity contribution >= 4 is 17.6 Å². The molecule has 0 unspecified atom stereocenters. The number of hydrogen-bond donors (Lipinski definition) is 0. The van der Waals surface area contributed by atoms with Gasteiger partial charge in [-0.3, -0.25) is 9.59 Å². The summed E-state index contributed by atoms with van der Waals surface area (Å²) in [7, 11) is 1.55. The molecule has 0 bridgehead atoms. The lowest BCUT2D eigenvalue weighted by molar-refractivity contribution is -0.121. The lowest BCUT2D eigenvalue weighted by Crippen LogP contribution is -2.19. The van der Waals surface area contributed by atoms with Crippen LogP contribution in [0.5, 0.6) is 5.88 Å². The third-order valence-corrected chi connectivity index (χ3v) is 4.76. The van der Waals surface area contributed by atoms with Crippen LogP contribution in [0.3, 0.4) is 0 Å². The number of pyridine rings is 1. The van der Waals surface area contributed by atoms with Crippen LogP contribution >= 0.6 is 0 Å². The molecular formula is C22H27NO3. The van der Waals surface area contributed by atoms with Gasteiger partial charge in [0, 0.05) is 12.3 Å². The van der Waals surface area contributed by atoms with E-state index >= 15 is 0 Å². The first-order valence-corrected chi connectivity index (χ1v) is 8.94. The first-order valence-electron chi connectivity index (χ1n) is 8.94. The molecule has 0 spiro atoms. The highest BCUT2D eigenvalue weighted by Crippen LogP contribution is 2.40. The molecular weight excluding hydrogens is 326 g/mol. The van der Waals surface area contributed by atoms with Gasteiger partial charge in [0.25, 0.3) is 0 Å². The second-order valence-corrected chi connectivity index (χ2v) is 7.34. The maximum Gasteiger partial charge on any atom is 0.212 e. The molecule has 0 aromatic carbocycles. The fourth-order valence-electron chi connectivity index (χ4n) is 3.28. The predicted octanol–water partition coefficient (Wildman–Crippen LogP) is 4.71. The molecule has 0 atom stereocenters. The van der Waals surface area contributed by atoms with Crippen LogP contribution < -0.4 is 4.74 Å². The molecule has 0 saturated carbocycles. The maximum absolute atomic E-state index is 12.1. The summed E-state index contributed by atoms with van der Waals surface area (Å²) in [5.74, 6) is 0.127. The van der Waals surface area contributed by atoms with E-state index in [2.05, 4.69) is 25.8 Å². The molecule has 138 valence electrons. The van der Waals surface area contributed by atoms with Gasteiger partial charge in [0.2, 0.25) is 5.88 Å². The molecule has 1 aromatic heterocycles. The summed E-state index contributed by atoms with van der Waals surface area (Å²) < 4.78 is 4.99. The Bertz CT molecular complexity index is 752. The molecule has 0 amide bonds. The SMILES string of the molecule is COc1ccc(/C=C/C(=O)CC(=O)/C=C/C2=C(C)CCCC2(C)C)cn1. The lowest BCUT2D eigenvalue weighted by atomic mass is 9.72. The van der Waals surface area contributed by atoms with E-state index in [4.69, 9.17) is 4.74 Å². The van der Waals surface area contributed by atoms with Crippen molar-refractivity contribution < 1.29 is 14.3 Å². The van der Waals surface area contributed by atoms with Gasteiger partial charge in [0.15, 0.2) is 11.6 Å². The van der Waals surface area contributed by atoms with Gasteiger partial charge >= 0.3 is 0 Å². The van der Waals surface area contributed by atoms with Gasteiger partial charge in [-0.2, -0.15) is 0 Å². The number of rotatable bonds is 7. The summed E-state index contributed by atoms with van der Waals surface area (Å²) in [6.07, 6.45) is 11.4. The number of methoxy groups -OCH3 is 1. The van der Waals surface area contributed by atoms with E-state index in [1.807, 2.05) is 6.08 Å². The second kappa shape index (κ2) is 8.75. The summed E-state index contributed by atoms with van der Waals surface area (Å²) in [4.78, 5) is 28.2. The van der Waals surface area contributed by atoms with E-state index in [1.54, 1.807) is 37.6 Å². The molecule has 0 radical (unpaired) electrons. The van der Waals surface area contributed by atoms with Crippen molar-refractivity contribution in [2.75, 3.05) is 7.11 Å².